The van der Waals surface area contributed by atoms with Crippen LogP contribution in [0.15, 0.2) is 10.1 Å². The Morgan fingerprint density at radius 1 is 1.38 bits per heavy atom. The lowest BCUT2D eigenvalue weighted by atomic mass is 9.55. The van der Waals surface area contributed by atoms with Crippen LogP contribution in [0.5, 0.6) is 0 Å². The van der Waals surface area contributed by atoms with E-state index in [9.17, 15) is 14.4 Å². The predicted octanol–water partition coefficient (Wildman–Crippen LogP) is 2.79. The van der Waals surface area contributed by atoms with Crippen LogP contribution in [-0.4, -0.2) is 23.1 Å². The van der Waals surface area contributed by atoms with Gasteiger partial charge in [0.2, 0.25) is 0 Å². The topological polar surface area (TPSA) is 60.4 Å². The second kappa shape index (κ2) is 4.77. The Balaban J connectivity index is 2.15. The molecule has 1 saturated carbocycles. The van der Waals surface area contributed by atoms with E-state index in [2.05, 4.69) is 15.9 Å². The number of rotatable bonds is 2. The van der Waals surface area contributed by atoms with Crippen LogP contribution in [0.1, 0.15) is 40.0 Å². The van der Waals surface area contributed by atoms with Gasteiger partial charge in [-0.2, -0.15) is 0 Å². The fraction of sp³-hybridized carbons (Fsp3) is 0.688. The summed E-state index contributed by atoms with van der Waals surface area (Å²) in [6.45, 7) is 5.63. The van der Waals surface area contributed by atoms with E-state index in [1.54, 1.807) is 6.92 Å². The highest BCUT2D eigenvalue weighted by Gasteiger charge is 2.65. The summed E-state index contributed by atoms with van der Waals surface area (Å²) in [6, 6.07) is 0. The number of carbonyl (C=O) groups excluding carboxylic acids is 3. The van der Waals surface area contributed by atoms with Gasteiger partial charge < -0.3 is 4.74 Å². The van der Waals surface area contributed by atoms with Crippen LogP contribution in [0.4, 0.5) is 0 Å². The number of ether oxygens (including phenoxy) is 1. The quantitative estimate of drug-likeness (QED) is 0.715. The molecule has 4 unspecified atom stereocenters. The van der Waals surface area contributed by atoms with Gasteiger partial charge in [-0.25, -0.2) is 0 Å². The SMILES string of the molecule is CC(=O)C1CC2C(Br)=C(C(C)C)C1C(=O)C21CCC(=O)O1. The molecule has 5 heteroatoms. The highest BCUT2D eigenvalue weighted by atomic mass is 79.9. The number of hydrogen-bond donors (Lipinski definition) is 0. The lowest BCUT2D eigenvalue weighted by Crippen LogP contribution is -2.60. The molecule has 21 heavy (non-hydrogen) atoms. The molecule has 4 atom stereocenters. The van der Waals surface area contributed by atoms with Gasteiger partial charge in [-0.15, -0.1) is 0 Å². The van der Waals surface area contributed by atoms with Crippen LogP contribution >= 0.6 is 15.9 Å². The molecule has 1 spiro atoms. The van der Waals surface area contributed by atoms with E-state index in [1.807, 2.05) is 13.8 Å². The molecule has 0 aromatic heterocycles. The molecule has 4 nitrogen and oxygen atoms in total. The lowest BCUT2D eigenvalue weighted by molar-refractivity contribution is -0.171. The van der Waals surface area contributed by atoms with Crippen LogP contribution < -0.4 is 0 Å². The minimum absolute atomic E-state index is 0.0515. The van der Waals surface area contributed by atoms with Crippen molar-refractivity contribution >= 4 is 33.5 Å². The maximum Gasteiger partial charge on any atom is 0.306 e. The van der Waals surface area contributed by atoms with Gasteiger partial charge in [0.15, 0.2) is 11.4 Å². The molecule has 0 aromatic carbocycles. The van der Waals surface area contributed by atoms with Gasteiger partial charge in [0, 0.05) is 29.2 Å². The van der Waals surface area contributed by atoms with Gasteiger partial charge >= 0.3 is 5.97 Å². The summed E-state index contributed by atoms with van der Waals surface area (Å²) in [5.41, 5.74) is -0.00435. The van der Waals surface area contributed by atoms with Crippen molar-refractivity contribution in [1.29, 1.82) is 0 Å². The minimum Gasteiger partial charge on any atom is -0.450 e. The van der Waals surface area contributed by atoms with Crippen LogP contribution in [0, 0.1) is 23.7 Å². The fourth-order valence-corrected chi connectivity index (χ4v) is 5.52. The van der Waals surface area contributed by atoms with Gasteiger partial charge in [-0.05, 0) is 24.8 Å². The van der Waals surface area contributed by atoms with Crippen molar-refractivity contribution < 1.29 is 19.1 Å². The van der Waals surface area contributed by atoms with E-state index in [1.165, 1.54) is 0 Å². The summed E-state index contributed by atoms with van der Waals surface area (Å²) >= 11 is 3.65. The third-order valence-electron chi connectivity index (χ3n) is 5.21. The monoisotopic (exact) mass is 354 g/mol. The van der Waals surface area contributed by atoms with Gasteiger partial charge in [0.05, 0.1) is 5.92 Å². The number of allylic oxidation sites excluding steroid dienone is 1. The second-order valence-electron chi connectivity index (χ2n) is 6.67. The minimum atomic E-state index is -1.02. The van der Waals surface area contributed by atoms with Gasteiger partial charge in [-0.3, -0.25) is 14.4 Å². The molecule has 1 saturated heterocycles. The summed E-state index contributed by atoms with van der Waals surface area (Å²) in [5.74, 6) is -1.03. The average molecular weight is 355 g/mol. The first-order valence-electron chi connectivity index (χ1n) is 7.45. The number of esters is 1. The number of carbonyl (C=O) groups is 3. The highest BCUT2D eigenvalue weighted by Crippen LogP contribution is 2.58. The molecule has 3 aliphatic carbocycles. The summed E-state index contributed by atoms with van der Waals surface area (Å²) < 4.78 is 6.48. The smallest absolute Gasteiger partial charge is 0.306 e. The molecule has 2 fully saturated rings. The Labute approximate surface area is 132 Å². The molecule has 1 heterocycles. The molecule has 0 radical (unpaired) electrons. The summed E-state index contributed by atoms with van der Waals surface area (Å²) in [6.07, 6.45) is 1.32. The van der Waals surface area contributed by atoms with Gasteiger partial charge in [-0.1, -0.05) is 29.8 Å². The Kier molecular flexibility index (Phi) is 3.39. The Morgan fingerprint density at radius 2 is 2.05 bits per heavy atom. The normalized spacial score (nSPS) is 38.6. The summed E-state index contributed by atoms with van der Waals surface area (Å²) in [4.78, 5) is 36.6. The molecule has 0 N–H and O–H groups in total. The van der Waals surface area contributed by atoms with E-state index >= 15 is 0 Å². The van der Waals surface area contributed by atoms with Crippen LogP contribution in [-0.2, 0) is 19.1 Å². The summed E-state index contributed by atoms with van der Waals surface area (Å²) in [7, 11) is 0. The lowest BCUT2D eigenvalue weighted by Gasteiger charge is -2.51. The first-order chi connectivity index (χ1) is 9.79. The molecular formula is C16H19BrO4. The summed E-state index contributed by atoms with van der Waals surface area (Å²) in [5, 5.41) is 0. The Morgan fingerprint density at radius 3 is 2.52 bits per heavy atom. The van der Waals surface area contributed by atoms with E-state index in [0.29, 0.717) is 12.8 Å². The third kappa shape index (κ3) is 1.89. The van der Waals surface area contributed by atoms with Crippen molar-refractivity contribution in [2.75, 3.05) is 0 Å². The predicted molar refractivity (Wildman–Crippen MR) is 79.6 cm³/mol. The third-order valence-corrected chi connectivity index (χ3v) is 6.22. The first-order valence-corrected chi connectivity index (χ1v) is 8.25. The van der Waals surface area contributed by atoms with Gasteiger partial charge in [0.1, 0.15) is 5.78 Å². The van der Waals surface area contributed by atoms with Crippen molar-refractivity contribution in [2.45, 2.75) is 45.6 Å². The Hall–Kier alpha value is -0.970. The van der Waals surface area contributed by atoms with Crippen molar-refractivity contribution in [3.05, 3.63) is 10.1 Å². The van der Waals surface area contributed by atoms with E-state index in [0.717, 1.165) is 10.1 Å². The molecule has 4 rings (SSSR count). The van der Waals surface area contributed by atoms with Crippen LogP contribution in [0.3, 0.4) is 0 Å². The molecule has 1 aliphatic heterocycles. The van der Waals surface area contributed by atoms with E-state index in [4.69, 9.17) is 4.74 Å². The number of Topliss-reactive ketones (excluding diaryl/α,β-unsaturated/α-hetero) is 2. The molecule has 0 amide bonds. The maximum atomic E-state index is 13.0. The zero-order valence-corrected chi connectivity index (χ0v) is 14.0. The Bertz CT molecular complexity index is 577. The molecule has 0 aromatic rings. The van der Waals surface area contributed by atoms with Crippen LogP contribution in [0.25, 0.3) is 0 Å². The standard InChI is InChI=1S/C16H19BrO4/c1-7(2)12-13-9(8(3)18)6-10(14(12)17)16(15(13)20)5-4-11(19)21-16/h7,9-10,13H,4-6H2,1-3H3. The van der Waals surface area contributed by atoms with Crippen molar-refractivity contribution in [3.63, 3.8) is 0 Å². The van der Waals surface area contributed by atoms with Crippen molar-refractivity contribution in [1.82, 2.24) is 0 Å². The zero-order chi connectivity index (χ0) is 15.5. The number of halogens is 1. The molecular weight excluding hydrogens is 336 g/mol. The number of hydrogen-bond acceptors (Lipinski definition) is 4. The van der Waals surface area contributed by atoms with Crippen molar-refractivity contribution in [2.24, 2.45) is 23.7 Å². The number of ketones is 2. The fourth-order valence-electron chi connectivity index (χ4n) is 4.26. The average Bonchev–Trinajstić information content (AvgIpc) is 2.77. The van der Waals surface area contributed by atoms with E-state index < -0.39 is 11.5 Å². The molecule has 114 valence electrons. The number of fused-ring (bicyclic) bond motifs is 1. The van der Waals surface area contributed by atoms with Crippen LogP contribution in [0.2, 0.25) is 0 Å². The van der Waals surface area contributed by atoms with E-state index in [-0.39, 0.29) is 41.7 Å². The second-order valence-corrected chi connectivity index (χ2v) is 7.52. The molecule has 2 bridgehead atoms. The van der Waals surface area contributed by atoms with Gasteiger partial charge in [0.25, 0.3) is 0 Å². The first kappa shape index (κ1) is 14.9. The molecule has 4 aliphatic rings. The largest absolute Gasteiger partial charge is 0.450 e. The highest BCUT2D eigenvalue weighted by molar-refractivity contribution is 9.11. The maximum absolute atomic E-state index is 13.0. The van der Waals surface area contributed by atoms with Crippen molar-refractivity contribution in [3.8, 4) is 0 Å². The zero-order valence-electron chi connectivity index (χ0n) is 12.4.